The lowest BCUT2D eigenvalue weighted by molar-refractivity contribution is -0.122. The summed E-state index contributed by atoms with van der Waals surface area (Å²) >= 11 is 3.55. The number of anilines is 1. The van der Waals surface area contributed by atoms with Crippen LogP contribution in [-0.4, -0.2) is 34.7 Å². The minimum Gasteiger partial charge on any atom is -0.451 e. The Labute approximate surface area is 257 Å². The van der Waals surface area contributed by atoms with E-state index in [1.165, 1.54) is 4.90 Å². The molecule has 3 unspecified atom stereocenters. The number of pyridine rings is 1. The van der Waals surface area contributed by atoms with Gasteiger partial charge in [-0.3, -0.25) is 19.3 Å². The molecule has 8 heteroatoms. The van der Waals surface area contributed by atoms with Gasteiger partial charge < -0.3 is 4.74 Å². The number of Topliss-reactive ketones (excluding diaryl/α,β-unsaturated/α-hetero) is 1. The second kappa shape index (κ2) is 11.7. The third kappa shape index (κ3) is 5.31. The van der Waals surface area contributed by atoms with Gasteiger partial charge in [-0.25, -0.2) is 9.78 Å². The van der Waals surface area contributed by atoms with Gasteiger partial charge in [-0.15, -0.1) is 0 Å². The number of allylic oxidation sites excluding steroid dienone is 2. The van der Waals surface area contributed by atoms with Gasteiger partial charge in [-0.2, -0.15) is 0 Å². The summed E-state index contributed by atoms with van der Waals surface area (Å²) < 4.78 is 6.50. The number of aromatic nitrogens is 1. The van der Waals surface area contributed by atoms with Crippen LogP contribution in [0.25, 0.3) is 22.2 Å². The summed E-state index contributed by atoms with van der Waals surface area (Å²) in [5.41, 5.74) is 4.09. The Hall–Kier alpha value is -4.43. The monoisotopic (exact) mass is 636 g/mol. The van der Waals surface area contributed by atoms with Gasteiger partial charge in [0.05, 0.1) is 34.3 Å². The van der Waals surface area contributed by atoms with Crippen molar-refractivity contribution in [2.75, 3.05) is 4.90 Å². The van der Waals surface area contributed by atoms with Crippen molar-refractivity contribution in [3.63, 3.8) is 0 Å². The highest BCUT2D eigenvalue weighted by molar-refractivity contribution is 9.10. The lowest BCUT2D eigenvalue weighted by atomic mass is 9.85. The zero-order valence-corrected chi connectivity index (χ0v) is 25.3. The quantitative estimate of drug-likeness (QED) is 0.0928. The second-order valence-corrected chi connectivity index (χ2v) is 11.8. The highest BCUT2D eigenvalue weighted by atomic mass is 79.9. The average Bonchev–Trinajstić information content (AvgIpc) is 3.29. The van der Waals surface area contributed by atoms with E-state index in [0.29, 0.717) is 52.7 Å². The van der Waals surface area contributed by atoms with Gasteiger partial charge >= 0.3 is 5.97 Å². The number of carbonyl (C=O) groups excluding carboxylic acids is 4. The summed E-state index contributed by atoms with van der Waals surface area (Å²) in [5, 5.41) is 0.612. The Kier molecular flexibility index (Phi) is 7.79. The SMILES string of the molecule is CCc1cc(Br)cc2c(C(=O)OC(C)C(=O)c3ccccc3)cc(-c3ccc(N4C(=O)C5CC=CCC5C4=O)cc3)nc12. The minimum absolute atomic E-state index is 0.168. The van der Waals surface area contributed by atoms with Crippen molar-refractivity contribution in [2.45, 2.75) is 39.2 Å². The largest absolute Gasteiger partial charge is 0.451 e. The molecule has 2 heterocycles. The number of benzene rings is 3. The Morgan fingerprint density at radius 3 is 2.23 bits per heavy atom. The number of fused-ring (bicyclic) bond motifs is 2. The normalized spacial score (nSPS) is 18.5. The van der Waals surface area contributed by atoms with Crippen molar-refractivity contribution >= 4 is 56.1 Å². The Balaban J connectivity index is 1.35. The van der Waals surface area contributed by atoms with Crippen LogP contribution in [0.15, 0.2) is 89.4 Å². The van der Waals surface area contributed by atoms with Gasteiger partial charge in [0.15, 0.2) is 6.10 Å². The van der Waals surface area contributed by atoms with E-state index in [1.54, 1.807) is 61.5 Å². The van der Waals surface area contributed by atoms with Crippen molar-refractivity contribution in [1.29, 1.82) is 0 Å². The number of nitrogens with zero attached hydrogens (tertiary/aromatic N) is 2. The summed E-state index contributed by atoms with van der Waals surface area (Å²) in [6.07, 6.45) is 4.78. The molecule has 0 N–H and O–H groups in total. The zero-order valence-electron chi connectivity index (χ0n) is 23.7. The number of hydrogen-bond acceptors (Lipinski definition) is 6. The van der Waals surface area contributed by atoms with Crippen molar-refractivity contribution < 1.29 is 23.9 Å². The first-order valence-electron chi connectivity index (χ1n) is 14.3. The van der Waals surface area contributed by atoms with E-state index in [4.69, 9.17) is 9.72 Å². The number of amides is 2. The number of hydrogen-bond donors (Lipinski definition) is 0. The van der Waals surface area contributed by atoms with Crippen LogP contribution in [0.2, 0.25) is 0 Å². The van der Waals surface area contributed by atoms with Crippen LogP contribution < -0.4 is 4.90 Å². The molecule has 2 amide bonds. The average molecular weight is 638 g/mol. The number of aryl methyl sites for hydroxylation is 1. The van der Waals surface area contributed by atoms with E-state index in [9.17, 15) is 19.2 Å². The molecule has 1 aliphatic heterocycles. The number of ketones is 1. The Morgan fingerprint density at radius 1 is 0.953 bits per heavy atom. The number of esters is 1. The maximum Gasteiger partial charge on any atom is 0.339 e. The van der Waals surface area contributed by atoms with E-state index < -0.39 is 12.1 Å². The smallest absolute Gasteiger partial charge is 0.339 e. The summed E-state index contributed by atoms with van der Waals surface area (Å²) in [6.45, 7) is 3.58. The third-order valence-corrected chi connectivity index (χ3v) is 8.66. The minimum atomic E-state index is -0.993. The first kappa shape index (κ1) is 28.7. The molecule has 0 radical (unpaired) electrons. The molecule has 0 bridgehead atoms. The summed E-state index contributed by atoms with van der Waals surface area (Å²) in [7, 11) is 0. The van der Waals surface area contributed by atoms with Crippen molar-refractivity contribution in [3.05, 3.63) is 106 Å². The highest BCUT2D eigenvalue weighted by Gasteiger charge is 2.47. The van der Waals surface area contributed by atoms with Crippen LogP contribution in [0.5, 0.6) is 0 Å². The van der Waals surface area contributed by atoms with E-state index in [-0.39, 0.29) is 35.0 Å². The fraction of sp³-hybridized carbons (Fsp3) is 0.229. The van der Waals surface area contributed by atoms with Crippen molar-refractivity contribution in [3.8, 4) is 11.3 Å². The van der Waals surface area contributed by atoms with Gasteiger partial charge in [-0.05, 0) is 62.1 Å². The predicted molar refractivity (Wildman–Crippen MR) is 168 cm³/mol. The lowest BCUT2D eigenvalue weighted by Crippen LogP contribution is -2.30. The fourth-order valence-electron chi connectivity index (χ4n) is 5.90. The second-order valence-electron chi connectivity index (χ2n) is 10.9. The predicted octanol–water partition coefficient (Wildman–Crippen LogP) is 7.11. The summed E-state index contributed by atoms with van der Waals surface area (Å²) in [6, 6.07) is 21.3. The van der Waals surface area contributed by atoms with Crippen molar-refractivity contribution in [1.82, 2.24) is 4.98 Å². The van der Waals surface area contributed by atoms with Gasteiger partial charge in [0.1, 0.15) is 0 Å². The molecule has 0 spiro atoms. The first-order chi connectivity index (χ1) is 20.8. The molecule has 1 aromatic heterocycles. The molecule has 1 saturated heterocycles. The fourth-order valence-corrected chi connectivity index (χ4v) is 6.40. The van der Waals surface area contributed by atoms with Crippen LogP contribution in [0.3, 0.4) is 0 Å². The van der Waals surface area contributed by atoms with E-state index >= 15 is 0 Å². The van der Waals surface area contributed by atoms with Gasteiger partial charge in [0.25, 0.3) is 0 Å². The van der Waals surface area contributed by atoms with E-state index in [1.807, 2.05) is 37.3 Å². The number of rotatable bonds is 7. The van der Waals surface area contributed by atoms with E-state index in [0.717, 1.165) is 10.0 Å². The van der Waals surface area contributed by atoms with Crippen LogP contribution in [0, 0.1) is 11.8 Å². The number of halogens is 1. The molecule has 4 aromatic rings. The van der Waals surface area contributed by atoms with E-state index in [2.05, 4.69) is 15.9 Å². The lowest BCUT2D eigenvalue weighted by Gasteiger charge is -2.17. The summed E-state index contributed by atoms with van der Waals surface area (Å²) in [5.74, 6) is -1.88. The topological polar surface area (TPSA) is 93.6 Å². The Morgan fingerprint density at radius 2 is 1.60 bits per heavy atom. The molecule has 6 rings (SSSR count). The molecule has 3 atom stereocenters. The van der Waals surface area contributed by atoms with Gasteiger partial charge in [0, 0.05) is 21.0 Å². The van der Waals surface area contributed by atoms with Crippen LogP contribution in [0.4, 0.5) is 5.69 Å². The van der Waals surface area contributed by atoms with Crippen LogP contribution in [-0.2, 0) is 20.7 Å². The molecule has 1 aliphatic carbocycles. The maximum absolute atomic E-state index is 13.6. The molecule has 2 aliphatic rings. The first-order valence-corrected chi connectivity index (χ1v) is 15.1. The molecular formula is C35H29BrN2O5. The molecule has 216 valence electrons. The molecule has 43 heavy (non-hydrogen) atoms. The zero-order chi connectivity index (χ0) is 30.2. The van der Waals surface area contributed by atoms with Crippen LogP contribution >= 0.6 is 15.9 Å². The Bertz CT molecular complexity index is 1770. The molecule has 3 aromatic carbocycles. The number of carbonyl (C=O) groups is 4. The van der Waals surface area contributed by atoms with Crippen LogP contribution in [0.1, 0.15) is 53.0 Å². The molecule has 1 fully saturated rings. The number of imide groups is 1. The molecule has 7 nitrogen and oxygen atoms in total. The third-order valence-electron chi connectivity index (χ3n) is 8.20. The molecule has 0 saturated carbocycles. The maximum atomic E-state index is 13.6. The van der Waals surface area contributed by atoms with Crippen molar-refractivity contribution in [2.24, 2.45) is 11.8 Å². The standard InChI is InChI=1S/C35H29BrN2O5/c1-3-21-17-24(36)18-28-29(35(42)43-20(2)32(39)23-9-5-4-6-10-23)19-30(37-31(21)28)22-13-15-25(16-14-22)38-33(40)26-11-7-8-12-27(26)34(38)41/h4-10,13-20,26-27H,3,11-12H2,1-2H3. The highest BCUT2D eigenvalue weighted by Crippen LogP contribution is 2.38. The number of ether oxygens (including phenoxy) is 1. The van der Waals surface area contributed by atoms with Gasteiger partial charge in [0.2, 0.25) is 17.6 Å². The molecular weight excluding hydrogens is 608 g/mol. The summed E-state index contributed by atoms with van der Waals surface area (Å²) in [4.78, 5) is 58.9. The van der Waals surface area contributed by atoms with Gasteiger partial charge in [-0.1, -0.05) is 77.5 Å².